The molecule has 0 aliphatic rings. The molecule has 1 N–H and O–H groups in total. The first-order valence-corrected chi connectivity index (χ1v) is 6.02. The third-order valence-corrected chi connectivity index (χ3v) is 3.29. The second-order valence-corrected chi connectivity index (χ2v) is 4.77. The zero-order chi connectivity index (χ0) is 12.3. The van der Waals surface area contributed by atoms with Crippen molar-refractivity contribution >= 4 is 17.7 Å². The number of H-pyrrole nitrogens is 1. The molecule has 1 aromatic carbocycles. The maximum absolute atomic E-state index is 11.3. The quantitative estimate of drug-likeness (QED) is 0.846. The average Bonchev–Trinajstić information content (AvgIpc) is 2.80. The van der Waals surface area contributed by atoms with Crippen LogP contribution in [-0.2, 0) is 4.74 Å². The summed E-state index contributed by atoms with van der Waals surface area (Å²) in [5, 5.41) is 0.925. The van der Waals surface area contributed by atoms with Crippen molar-refractivity contribution in [3.63, 3.8) is 0 Å². The number of benzene rings is 1. The molecule has 0 aliphatic heterocycles. The topological polar surface area (TPSA) is 42.1 Å². The van der Waals surface area contributed by atoms with Crippen LogP contribution in [0.5, 0.6) is 0 Å². The van der Waals surface area contributed by atoms with Crippen LogP contribution in [0, 0.1) is 6.92 Å². The molecule has 0 atom stereocenters. The van der Waals surface area contributed by atoms with E-state index in [9.17, 15) is 4.79 Å². The van der Waals surface area contributed by atoms with E-state index in [0.29, 0.717) is 5.56 Å². The number of carbonyl (C=O) groups excluding carboxylic acids is 1. The van der Waals surface area contributed by atoms with E-state index in [1.807, 2.05) is 0 Å². The third kappa shape index (κ3) is 2.91. The van der Waals surface area contributed by atoms with E-state index in [1.165, 1.54) is 12.7 Å². The Kier molecular flexibility index (Phi) is 3.54. The van der Waals surface area contributed by atoms with Gasteiger partial charge in [0.1, 0.15) is 0 Å². The van der Waals surface area contributed by atoms with E-state index in [1.54, 1.807) is 24.0 Å². The Morgan fingerprint density at radius 3 is 2.65 bits per heavy atom. The van der Waals surface area contributed by atoms with Gasteiger partial charge in [-0.05, 0) is 25.1 Å². The van der Waals surface area contributed by atoms with Crippen molar-refractivity contribution < 1.29 is 9.53 Å². The Morgan fingerprint density at radius 2 is 2.00 bits per heavy atom. The first-order valence-electron chi connectivity index (χ1n) is 5.20. The highest BCUT2D eigenvalue weighted by atomic mass is 32.2. The van der Waals surface area contributed by atoms with Gasteiger partial charge in [0, 0.05) is 11.1 Å². The lowest BCUT2D eigenvalue weighted by atomic mass is 10.2. The number of ether oxygens (including phenoxy) is 1. The molecule has 0 saturated heterocycles. The molecule has 0 amide bonds. The van der Waals surface area contributed by atoms with Crippen LogP contribution >= 0.6 is 11.8 Å². The zero-order valence-electron chi connectivity index (χ0n) is 9.69. The van der Waals surface area contributed by atoms with E-state index in [-0.39, 0.29) is 5.97 Å². The van der Waals surface area contributed by atoms with Crippen LogP contribution in [0.2, 0.25) is 0 Å². The van der Waals surface area contributed by atoms with Crippen LogP contribution < -0.4 is 0 Å². The van der Waals surface area contributed by atoms with Gasteiger partial charge in [0.2, 0.25) is 0 Å². The molecule has 17 heavy (non-hydrogen) atoms. The van der Waals surface area contributed by atoms with Gasteiger partial charge in [-0.25, -0.2) is 4.79 Å². The maximum Gasteiger partial charge on any atom is 0.339 e. The van der Waals surface area contributed by atoms with E-state index >= 15 is 0 Å². The summed E-state index contributed by atoms with van der Waals surface area (Å²) in [6.07, 6.45) is 1.66. The number of hydrogen-bond donors (Lipinski definition) is 1. The van der Waals surface area contributed by atoms with Gasteiger partial charge in [-0.2, -0.15) is 0 Å². The van der Waals surface area contributed by atoms with Crippen molar-refractivity contribution in [1.29, 1.82) is 0 Å². The van der Waals surface area contributed by atoms with Crippen LogP contribution in [-0.4, -0.2) is 18.1 Å². The lowest BCUT2D eigenvalue weighted by Crippen LogP contribution is -1.98. The second kappa shape index (κ2) is 5.10. The van der Waals surface area contributed by atoms with E-state index in [2.05, 4.69) is 40.9 Å². The normalized spacial score (nSPS) is 10.2. The summed E-state index contributed by atoms with van der Waals surface area (Å²) in [4.78, 5) is 15.5. The van der Waals surface area contributed by atoms with Crippen molar-refractivity contribution in [2.75, 3.05) is 7.11 Å². The van der Waals surface area contributed by atoms with Gasteiger partial charge in [0.05, 0.1) is 17.7 Å². The highest BCUT2D eigenvalue weighted by Gasteiger charge is 2.08. The molecule has 1 heterocycles. The number of carbonyl (C=O) groups is 1. The fourth-order valence-corrected chi connectivity index (χ4v) is 2.23. The Bertz CT molecular complexity index is 516. The molecule has 0 aliphatic carbocycles. The van der Waals surface area contributed by atoms with E-state index < -0.39 is 0 Å². The fraction of sp³-hybridized carbons (Fsp3) is 0.154. The number of aromatic nitrogens is 1. The van der Waals surface area contributed by atoms with Gasteiger partial charge in [0.15, 0.2) is 0 Å². The third-order valence-electron chi connectivity index (χ3n) is 2.33. The largest absolute Gasteiger partial charge is 0.465 e. The van der Waals surface area contributed by atoms with Crippen molar-refractivity contribution in [2.24, 2.45) is 0 Å². The van der Waals surface area contributed by atoms with E-state index in [4.69, 9.17) is 0 Å². The molecular formula is C13H13NO2S. The predicted octanol–water partition coefficient (Wildman–Crippen LogP) is 3.26. The Balaban J connectivity index is 2.11. The van der Waals surface area contributed by atoms with Crippen molar-refractivity contribution in [1.82, 2.24) is 4.98 Å². The van der Waals surface area contributed by atoms with Gasteiger partial charge in [-0.15, -0.1) is 0 Å². The number of nitrogens with one attached hydrogen (secondary N) is 1. The highest BCUT2D eigenvalue weighted by molar-refractivity contribution is 7.99. The fourth-order valence-electron chi connectivity index (χ4n) is 1.40. The van der Waals surface area contributed by atoms with Gasteiger partial charge in [0.25, 0.3) is 0 Å². The summed E-state index contributed by atoms with van der Waals surface area (Å²) >= 11 is 1.58. The smallest absolute Gasteiger partial charge is 0.339 e. The minimum atomic E-state index is -0.322. The van der Waals surface area contributed by atoms with E-state index in [0.717, 1.165) is 9.92 Å². The highest BCUT2D eigenvalue weighted by Crippen LogP contribution is 2.27. The number of aromatic amines is 1. The molecule has 4 heteroatoms. The molecule has 2 rings (SSSR count). The molecule has 0 radical (unpaired) electrons. The number of esters is 1. The summed E-state index contributed by atoms with van der Waals surface area (Å²) in [6.45, 7) is 2.05. The molecule has 0 unspecified atom stereocenters. The molecule has 0 spiro atoms. The first kappa shape index (κ1) is 11.8. The Morgan fingerprint density at radius 1 is 1.29 bits per heavy atom. The van der Waals surface area contributed by atoms with Crippen molar-refractivity contribution in [2.45, 2.75) is 16.8 Å². The molecule has 88 valence electrons. The minimum Gasteiger partial charge on any atom is -0.465 e. The van der Waals surface area contributed by atoms with Crippen LogP contribution in [0.4, 0.5) is 0 Å². The molecule has 1 aromatic heterocycles. The van der Waals surface area contributed by atoms with Crippen molar-refractivity contribution in [3.05, 3.63) is 47.7 Å². The van der Waals surface area contributed by atoms with Crippen LogP contribution in [0.25, 0.3) is 0 Å². The van der Waals surface area contributed by atoms with Crippen molar-refractivity contribution in [3.8, 4) is 0 Å². The van der Waals surface area contributed by atoms with Gasteiger partial charge in [-0.1, -0.05) is 29.5 Å². The Hall–Kier alpha value is -1.68. The van der Waals surface area contributed by atoms with Gasteiger partial charge >= 0.3 is 5.97 Å². The molecule has 3 nitrogen and oxygen atoms in total. The predicted molar refractivity (Wildman–Crippen MR) is 67.4 cm³/mol. The van der Waals surface area contributed by atoms with Crippen LogP contribution in [0.3, 0.4) is 0 Å². The summed E-state index contributed by atoms with van der Waals surface area (Å²) in [5.74, 6) is -0.322. The zero-order valence-corrected chi connectivity index (χ0v) is 10.5. The first-order chi connectivity index (χ1) is 8.19. The lowest BCUT2D eigenvalue weighted by Gasteiger charge is -1.98. The van der Waals surface area contributed by atoms with Gasteiger partial charge < -0.3 is 9.72 Å². The molecule has 0 bridgehead atoms. The number of rotatable bonds is 3. The number of aryl methyl sites for hydroxylation is 1. The number of hydrogen-bond acceptors (Lipinski definition) is 3. The summed E-state index contributed by atoms with van der Waals surface area (Å²) in [6, 6.07) is 10.0. The second-order valence-electron chi connectivity index (χ2n) is 3.66. The van der Waals surface area contributed by atoms with Crippen LogP contribution in [0.15, 0.2) is 46.5 Å². The monoisotopic (exact) mass is 247 g/mol. The molecular weight excluding hydrogens is 234 g/mol. The summed E-state index contributed by atoms with van der Waals surface area (Å²) in [5.41, 5.74) is 1.78. The molecule has 0 fully saturated rings. The summed E-state index contributed by atoms with van der Waals surface area (Å²) in [7, 11) is 1.38. The van der Waals surface area contributed by atoms with Gasteiger partial charge in [-0.3, -0.25) is 0 Å². The number of methoxy groups -OCH3 is 1. The molecule has 0 saturated carbocycles. The standard InChI is InChI=1S/C13H13NO2S/c1-9-3-5-11(6-4-9)17-12-7-10(8-14-12)13(15)16-2/h3-8,14H,1-2H3. The summed E-state index contributed by atoms with van der Waals surface area (Å²) < 4.78 is 4.65. The minimum absolute atomic E-state index is 0.322. The maximum atomic E-state index is 11.3. The molecule has 2 aromatic rings. The Labute approximate surface area is 104 Å². The average molecular weight is 247 g/mol. The SMILES string of the molecule is COC(=O)c1c[nH]c(Sc2ccc(C)cc2)c1. The lowest BCUT2D eigenvalue weighted by molar-refractivity contribution is 0.0601. The van der Waals surface area contributed by atoms with Crippen LogP contribution in [0.1, 0.15) is 15.9 Å².